The second-order valence-electron chi connectivity index (χ2n) is 10.0. The van der Waals surface area contributed by atoms with Gasteiger partial charge in [0, 0.05) is 44.9 Å². The topological polar surface area (TPSA) is 120 Å². The maximum atomic E-state index is 12.1. The first-order valence-electron chi connectivity index (χ1n) is 13.6. The summed E-state index contributed by atoms with van der Waals surface area (Å²) in [5.74, 6) is -0.411. The number of unbranched alkanes of at least 4 members (excludes halogenated alkanes) is 1. The molecular weight excluding hydrogens is 480 g/mol. The lowest BCUT2D eigenvalue weighted by Crippen LogP contribution is -2.36. The molecule has 1 aromatic carbocycles. The smallest absolute Gasteiger partial charge is 0.306 e. The van der Waals surface area contributed by atoms with E-state index in [1.54, 1.807) is 6.20 Å². The van der Waals surface area contributed by atoms with Crippen LogP contribution in [0.1, 0.15) is 49.6 Å². The molecule has 1 aliphatic heterocycles. The summed E-state index contributed by atoms with van der Waals surface area (Å²) in [5.41, 5.74) is 4.66. The number of para-hydroxylation sites is 2. The Labute approximate surface area is 224 Å². The standard InChI is InChI=1S/C29H38N6O3/c1-21(36)30-15-18-35(16-5-4-8-24-12-11-22-7-6-14-31-28(22)34-24)17-13-23(29(37)38)19-25-20-32-26-9-2-3-10-27(26)33-25/h2-3,9-12,20,23H,4-8,13-19H2,1H3,(H,30,36)(H,31,34)(H,37,38)/t23-/m1/s1. The summed E-state index contributed by atoms with van der Waals surface area (Å²) in [5, 5.41) is 16.2. The van der Waals surface area contributed by atoms with E-state index in [0.29, 0.717) is 38.2 Å². The molecule has 0 bridgehead atoms. The highest BCUT2D eigenvalue weighted by molar-refractivity contribution is 5.74. The first-order chi connectivity index (χ1) is 18.5. The van der Waals surface area contributed by atoms with Crippen LogP contribution in [-0.2, 0) is 28.9 Å². The van der Waals surface area contributed by atoms with Crippen LogP contribution < -0.4 is 10.6 Å². The Kier molecular flexibility index (Phi) is 9.97. The van der Waals surface area contributed by atoms with Gasteiger partial charge in [-0.1, -0.05) is 18.2 Å². The third-order valence-corrected chi connectivity index (χ3v) is 7.01. The van der Waals surface area contributed by atoms with Crippen LogP contribution in [0.4, 0.5) is 5.82 Å². The van der Waals surface area contributed by atoms with Gasteiger partial charge in [-0.15, -0.1) is 0 Å². The van der Waals surface area contributed by atoms with Crippen LogP contribution >= 0.6 is 0 Å². The van der Waals surface area contributed by atoms with Crippen molar-refractivity contribution in [3.05, 3.63) is 59.5 Å². The predicted octanol–water partition coefficient (Wildman–Crippen LogP) is 3.48. The lowest BCUT2D eigenvalue weighted by Gasteiger charge is -2.24. The molecule has 0 saturated carbocycles. The van der Waals surface area contributed by atoms with E-state index in [2.05, 4.69) is 37.6 Å². The van der Waals surface area contributed by atoms with E-state index >= 15 is 0 Å². The number of fused-ring (bicyclic) bond motifs is 2. The van der Waals surface area contributed by atoms with Crippen molar-refractivity contribution in [1.82, 2.24) is 25.2 Å². The summed E-state index contributed by atoms with van der Waals surface area (Å²) in [6.07, 6.45) is 7.64. The summed E-state index contributed by atoms with van der Waals surface area (Å²) in [6.45, 7) is 5.20. The maximum Gasteiger partial charge on any atom is 0.306 e. The molecule has 1 aliphatic rings. The Morgan fingerprint density at radius 1 is 1.05 bits per heavy atom. The van der Waals surface area contributed by atoms with Gasteiger partial charge < -0.3 is 20.6 Å². The Morgan fingerprint density at radius 3 is 2.71 bits per heavy atom. The summed E-state index contributed by atoms with van der Waals surface area (Å²) in [7, 11) is 0. The van der Waals surface area contributed by atoms with Gasteiger partial charge in [-0.2, -0.15) is 0 Å². The van der Waals surface area contributed by atoms with Crippen molar-refractivity contribution in [2.24, 2.45) is 5.92 Å². The lowest BCUT2D eigenvalue weighted by atomic mass is 9.99. The largest absolute Gasteiger partial charge is 0.481 e. The fourth-order valence-electron chi connectivity index (χ4n) is 4.87. The van der Waals surface area contributed by atoms with Crippen LogP contribution in [0.15, 0.2) is 42.6 Å². The highest BCUT2D eigenvalue weighted by atomic mass is 16.4. The molecule has 1 amide bonds. The van der Waals surface area contributed by atoms with Crippen molar-refractivity contribution >= 4 is 28.7 Å². The van der Waals surface area contributed by atoms with Crippen molar-refractivity contribution in [2.45, 2.75) is 51.9 Å². The lowest BCUT2D eigenvalue weighted by molar-refractivity contribution is -0.142. The van der Waals surface area contributed by atoms with E-state index in [-0.39, 0.29) is 5.91 Å². The molecule has 0 radical (unpaired) electrons. The van der Waals surface area contributed by atoms with Crippen molar-refractivity contribution in [3.8, 4) is 0 Å². The van der Waals surface area contributed by atoms with E-state index in [9.17, 15) is 14.7 Å². The zero-order valence-electron chi connectivity index (χ0n) is 22.2. The number of benzene rings is 1. The highest BCUT2D eigenvalue weighted by Crippen LogP contribution is 2.20. The molecule has 4 rings (SSSR count). The summed E-state index contributed by atoms with van der Waals surface area (Å²) < 4.78 is 0. The zero-order chi connectivity index (χ0) is 26.7. The number of aromatic nitrogens is 3. The van der Waals surface area contributed by atoms with Crippen LogP contribution in [-0.4, -0.2) is 69.6 Å². The van der Waals surface area contributed by atoms with E-state index in [1.807, 2.05) is 24.3 Å². The Morgan fingerprint density at radius 2 is 1.89 bits per heavy atom. The Bertz CT molecular complexity index is 1230. The highest BCUT2D eigenvalue weighted by Gasteiger charge is 2.21. The Balaban J connectivity index is 1.29. The number of amides is 1. The number of pyridine rings is 1. The predicted molar refractivity (Wildman–Crippen MR) is 148 cm³/mol. The van der Waals surface area contributed by atoms with Gasteiger partial charge in [0.05, 0.1) is 22.6 Å². The molecule has 3 N–H and O–H groups in total. The van der Waals surface area contributed by atoms with Crippen LogP contribution in [0.3, 0.4) is 0 Å². The molecular formula is C29H38N6O3. The number of hydrogen-bond acceptors (Lipinski definition) is 7. The molecule has 3 heterocycles. The number of carboxylic acids is 1. The minimum absolute atomic E-state index is 0.0599. The minimum Gasteiger partial charge on any atom is -0.481 e. The number of aliphatic carboxylic acids is 1. The average Bonchev–Trinajstić information content (AvgIpc) is 2.92. The number of rotatable bonds is 14. The van der Waals surface area contributed by atoms with E-state index in [0.717, 1.165) is 67.7 Å². The van der Waals surface area contributed by atoms with Gasteiger partial charge >= 0.3 is 5.97 Å². The number of carboxylic acid groups (broad SMARTS) is 1. The van der Waals surface area contributed by atoms with Gasteiger partial charge in [0.25, 0.3) is 0 Å². The summed E-state index contributed by atoms with van der Waals surface area (Å²) in [4.78, 5) is 39.5. The van der Waals surface area contributed by atoms with E-state index < -0.39 is 11.9 Å². The number of aryl methyl sites for hydroxylation is 2. The molecule has 0 unspecified atom stereocenters. The van der Waals surface area contributed by atoms with Crippen LogP contribution in [0.5, 0.6) is 0 Å². The molecule has 202 valence electrons. The number of nitrogens with one attached hydrogen (secondary N) is 2. The number of anilines is 1. The number of carbonyl (C=O) groups excluding carboxylic acids is 1. The third-order valence-electron chi connectivity index (χ3n) is 7.01. The van der Waals surface area contributed by atoms with Crippen LogP contribution in [0, 0.1) is 5.92 Å². The first-order valence-corrected chi connectivity index (χ1v) is 13.6. The molecule has 3 aromatic rings. The third kappa shape index (κ3) is 8.21. The number of nitrogens with zero attached hydrogens (tertiary/aromatic N) is 4. The molecule has 38 heavy (non-hydrogen) atoms. The second-order valence-corrected chi connectivity index (χ2v) is 10.0. The molecule has 0 fully saturated rings. The first kappa shape index (κ1) is 27.4. The second kappa shape index (κ2) is 13.8. The number of carbonyl (C=O) groups is 2. The molecule has 1 atom stereocenters. The normalized spacial score (nSPS) is 13.6. The zero-order valence-corrected chi connectivity index (χ0v) is 22.2. The van der Waals surface area contributed by atoms with E-state index in [1.165, 1.54) is 12.5 Å². The molecule has 2 aromatic heterocycles. The number of hydrogen-bond donors (Lipinski definition) is 3. The Hall–Kier alpha value is -3.59. The van der Waals surface area contributed by atoms with Crippen molar-refractivity contribution in [1.29, 1.82) is 0 Å². The molecule has 9 heteroatoms. The van der Waals surface area contributed by atoms with Gasteiger partial charge in [-0.25, -0.2) is 9.97 Å². The van der Waals surface area contributed by atoms with Crippen molar-refractivity contribution in [2.75, 3.05) is 38.0 Å². The van der Waals surface area contributed by atoms with Gasteiger partial charge in [-0.3, -0.25) is 14.6 Å². The fraction of sp³-hybridized carbons (Fsp3) is 0.483. The van der Waals surface area contributed by atoms with Crippen LogP contribution in [0.25, 0.3) is 11.0 Å². The van der Waals surface area contributed by atoms with Crippen molar-refractivity contribution in [3.63, 3.8) is 0 Å². The molecule has 9 nitrogen and oxygen atoms in total. The average molecular weight is 519 g/mol. The summed E-state index contributed by atoms with van der Waals surface area (Å²) >= 11 is 0. The van der Waals surface area contributed by atoms with Gasteiger partial charge in [0.15, 0.2) is 0 Å². The van der Waals surface area contributed by atoms with Crippen LogP contribution in [0.2, 0.25) is 0 Å². The van der Waals surface area contributed by atoms with Crippen molar-refractivity contribution < 1.29 is 14.7 Å². The van der Waals surface area contributed by atoms with Gasteiger partial charge in [0.2, 0.25) is 5.91 Å². The molecule has 0 aliphatic carbocycles. The molecule has 0 saturated heterocycles. The quantitative estimate of drug-likeness (QED) is 0.278. The van der Waals surface area contributed by atoms with Gasteiger partial charge in [0.1, 0.15) is 5.82 Å². The SMILES string of the molecule is CC(=O)NCCN(CCCCc1ccc2c(n1)NCCC2)CC[C@H](Cc1cnc2ccccc2n1)C(=O)O. The molecule has 0 spiro atoms. The minimum atomic E-state index is -0.825. The summed E-state index contributed by atoms with van der Waals surface area (Å²) in [6, 6.07) is 11.9. The van der Waals surface area contributed by atoms with E-state index in [4.69, 9.17) is 4.98 Å². The fourth-order valence-corrected chi connectivity index (χ4v) is 4.87. The monoisotopic (exact) mass is 518 g/mol. The maximum absolute atomic E-state index is 12.1. The van der Waals surface area contributed by atoms with Gasteiger partial charge in [-0.05, 0) is 75.4 Å².